The highest BCUT2D eigenvalue weighted by atomic mass is 16.5. The van der Waals surface area contributed by atoms with Gasteiger partial charge in [-0.25, -0.2) is 0 Å². The molecule has 0 saturated carbocycles. The summed E-state index contributed by atoms with van der Waals surface area (Å²) in [6, 6.07) is 15.3. The Hall–Kier alpha value is -3.35. The second kappa shape index (κ2) is 8.34. The van der Waals surface area contributed by atoms with Crippen LogP contribution in [0, 0.1) is 0 Å². The maximum atomic E-state index is 12.9. The van der Waals surface area contributed by atoms with Crippen molar-refractivity contribution in [2.75, 3.05) is 32.1 Å². The normalized spacial score (nSPS) is 16.5. The second-order valence-electron chi connectivity index (χ2n) is 7.39. The van der Waals surface area contributed by atoms with Gasteiger partial charge in [-0.3, -0.25) is 4.79 Å². The van der Waals surface area contributed by atoms with E-state index < -0.39 is 0 Å². The van der Waals surface area contributed by atoms with Crippen LogP contribution >= 0.6 is 0 Å². The largest absolute Gasteiger partial charge is 0.471 e. The molecular weight excluding hydrogens is 366 g/mol. The van der Waals surface area contributed by atoms with E-state index in [1.807, 2.05) is 89.4 Å². The number of carbonyl (C=O) groups is 1. The number of hydrogen-bond acceptors (Lipinski definition) is 5. The van der Waals surface area contributed by atoms with Gasteiger partial charge in [0.2, 0.25) is 5.88 Å². The summed E-state index contributed by atoms with van der Waals surface area (Å²) in [5.74, 6) is 1.30. The van der Waals surface area contributed by atoms with Crippen LogP contribution in [0.4, 0.5) is 5.82 Å². The highest BCUT2D eigenvalue weighted by Gasteiger charge is 2.26. The summed E-state index contributed by atoms with van der Waals surface area (Å²) in [7, 11) is 3.83. The number of nitrogens with zero attached hydrogens (tertiary/aromatic N) is 5. The Morgan fingerprint density at radius 2 is 1.83 bits per heavy atom. The van der Waals surface area contributed by atoms with E-state index in [-0.39, 0.29) is 12.0 Å². The van der Waals surface area contributed by atoms with Gasteiger partial charge in [-0.2, -0.15) is 0 Å². The zero-order chi connectivity index (χ0) is 20.2. The zero-order valence-electron chi connectivity index (χ0n) is 16.7. The summed E-state index contributed by atoms with van der Waals surface area (Å²) in [5, 5.41) is 8.28. The average molecular weight is 391 g/mol. The molecule has 0 bridgehead atoms. The van der Waals surface area contributed by atoms with Gasteiger partial charge in [0.05, 0.1) is 6.54 Å². The van der Waals surface area contributed by atoms with Gasteiger partial charge in [-0.05, 0) is 55.3 Å². The van der Waals surface area contributed by atoms with Crippen LogP contribution in [0.15, 0.2) is 60.9 Å². The number of amides is 1. The third-order valence-electron chi connectivity index (χ3n) is 5.05. The van der Waals surface area contributed by atoms with Gasteiger partial charge in [0.1, 0.15) is 6.10 Å². The maximum absolute atomic E-state index is 12.9. The van der Waals surface area contributed by atoms with Crippen LogP contribution in [-0.2, 0) is 0 Å². The number of likely N-dealkylation sites (tertiary alicyclic amines) is 1. The van der Waals surface area contributed by atoms with Crippen LogP contribution in [0.25, 0.3) is 5.69 Å². The van der Waals surface area contributed by atoms with Crippen molar-refractivity contribution < 1.29 is 9.53 Å². The van der Waals surface area contributed by atoms with E-state index in [0.717, 1.165) is 30.9 Å². The van der Waals surface area contributed by atoms with E-state index in [0.29, 0.717) is 18.0 Å². The summed E-state index contributed by atoms with van der Waals surface area (Å²) in [6.45, 7) is 1.29. The molecule has 0 N–H and O–H groups in total. The predicted molar refractivity (Wildman–Crippen MR) is 112 cm³/mol. The van der Waals surface area contributed by atoms with Crippen LogP contribution in [0.2, 0.25) is 0 Å². The molecule has 29 heavy (non-hydrogen) atoms. The Bertz CT molecular complexity index is 936. The van der Waals surface area contributed by atoms with E-state index in [1.165, 1.54) is 0 Å². The number of anilines is 1. The van der Waals surface area contributed by atoms with Crippen molar-refractivity contribution in [3.63, 3.8) is 0 Å². The lowest BCUT2D eigenvalue weighted by atomic mass is 10.1. The topological polar surface area (TPSA) is 63.5 Å². The lowest BCUT2D eigenvalue weighted by molar-refractivity contribution is 0.0525. The van der Waals surface area contributed by atoms with Crippen molar-refractivity contribution in [2.24, 2.45) is 0 Å². The van der Waals surface area contributed by atoms with Crippen molar-refractivity contribution in [3.8, 4) is 11.6 Å². The van der Waals surface area contributed by atoms with E-state index >= 15 is 0 Å². The molecule has 3 aromatic rings. The smallest absolute Gasteiger partial charge is 0.253 e. The quantitative estimate of drug-likeness (QED) is 0.669. The molecule has 1 aliphatic heterocycles. The fourth-order valence-electron chi connectivity index (χ4n) is 3.47. The molecule has 4 rings (SSSR count). The van der Waals surface area contributed by atoms with Crippen LogP contribution < -0.4 is 9.64 Å². The van der Waals surface area contributed by atoms with Crippen LogP contribution in [0.1, 0.15) is 23.2 Å². The van der Waals surface area contributed by atoms with E-state index in [9.17, 15) is 4.79 Å². The number of aromatic nitrogens is 3. The molecule has 1 aromatic carbocycles. The summed E-state index contributed by atoms with van der Waals surface area (Å²) in [5.41, 5.74) is 1.72. The van der Waals surface area contributed by atoms with Gasteiger partial charge in [0, 0.05) is 50.4 Å². The highest BCUT2D eigenvalue weighted by Crippen LogP contribution is 2.20. The first-order valence-corrected chi connectivity index (χ1v) is 9.80. The standard InChI is InChI=1S/C22H25N5O2/c1-25(2)20-11-12-21(24-23-20)29-19-6-5-15-27(16-19)22(28)17-7-9-18(10-8-17)26-13-3-4-14-26/h3-4,7-14,19H,5-6,15-16H2,1-2H3. The Labute approximate surface area is 170 Å². The monoisotopic (exact) mass is 391 g/mol. The number of piperidine rings is 1. The lowest BCUT2D eigenvalue weighted by Crippen LogP contribution is -2.44. The van der Waals surface area contributed by atoms with Crippen molar-refractivity contribution >= 4 is 11.7 Å². The molecule has 0 radical (unpaired) electrons. The predicted octanol–water partition coefficient (Wildman–Crippen LogP) is 3.02. The molecular formula is C22H25N5O2. The fraction of sp³-hybridized carbons (Fsp3) is 0.318. The van der Waals surface area contributed by atoms with Crippen LogP contribution in [0.3, 0.4) is 0 Å². The molecule has 150 valence electrons. The Kier molecular flexibility index (Phi) is 5.46. The minimum absolute atomic E-state index is 0.0337. The molecule has 1 amide bonds. The van der Waals surface area contributed by atoms with Gasteiger partial charge < -0.3 is 19.1 Å². The molecule has 3 heterocycles. The van der Waals surface area contributed by atoms with Crippen molar-refractivity contribution in [2.45, 2.75) is 18.9 Å². The zero-order valence-corrected chi connectivity index (χ0v) is 16.7. The molecule has 0 spiro atoms. The summed E-state index contributed by atoms with van der Waals surface area (Å²) >= 11 is 0. The molecule has 1 unspecified atom stereocenters. The Morgan fingerprint density at radius 3 is 2.48 bits per heavy atom. The van der Waals surface area contributed by atoms with E-state index in [1.54, 1.807) is 0 Å². The third-order valence-corrected chi connectivity index (χ3v) is 5.05. The van der Waals surface area contributed by atoms with Gasteiger partial charge in [-0.1, -0.05) is 0 Å². The molecule has 1 saturated heterocycles. The Morgan fingerprint density at radius 1 is 1.07 bits per heavy atom. The van der Waals surface area contributed by atoms with Gasteiger partial charge in [-0.15, -0.1) is 10.2 Å². The van der Waals surface area contributed by atoms with Crippen molar-refractivity contribution in [1.82, 2.24) is 19.7 Å². The minimum Gasteiger partial charge on any atom is -0.471 e. The number of benzene rings is 1. The summed E-state index contributed by atoms with van der Waals surface area (Å²) in [4.78, 5) is 16.7. The number of rotatable bonds is 5. The minimum atomic E-state index is -0.0775. The van der Waals surface area contributed by atoms with Gasteiger partial charge in [0.25, 0.3) is 5.91 Å². The fourth-order valence-corrected chi connectivity index (χ4v) is 3.47. The Balaban J connectivity index is 1.39. The first-order valence-electron chi connectivity index (χ1n) is 9.80. The first-order chi connectivity index (χ1) is 14.1. The molecule has 7 nitrogen and oxygen atoms in total. The number of carbonyl (C=O) groups excluding carboxylic acids is 1. The summed E-state index contributed by atoms with van der Waals surface area (Å²) in [6.07, 6.45) is 5.69. The summed E-state index contributed by atoms with van der Waals surface area (Å²) < 4.78 is 8.00. The van der Waals surface area contributed by atoms with Crippen molar-refractivity contribution in [3.05, 3.63) is 66.5 Å². The van der Waals surface area contributed by atoms with Gasteiger partial charge >= 0.3 is 0 Å². The molecule has 0 aliphatic carbocycles. The average Bonchev–Trinajstić information content (AvgIpc) is 3.29. The van der Waals surface area contributed by atoms with E-state index in [4.69, 9.17) is 4.74 Å². The van der Waals surface area contributed by atoms with E-state index in [2.05, 4.69) is 10.2 Å². The SMILES string of the molecule is CN(C)c1ccc(OC2CCCN(C(=O)c3ccc(-n4cccc4)cc3)C2)nn1. The third kappa shape index (κ3) is 4.39. The molecule has 1 fully saturated rings. The first kappa shape index (κ1) is 19.0. The van der Waals surface area contributed by atoms with Crippen LogP contribution in [0.5, 0.6) is 5.88 Å². The molecule has 1 atom stereocenters. The number of hydrogen-bond donors (Lipinski definition) is 0. The number of ether oxygens (including phenoxy) is 1. The maximum Gasteiger partial charge on any atom is 0.253 e. The molecule has 1 aliphatic rings. The van der Waals surface area contributed by atoms with Crippen molar-refractivity contribution in [1.29, 1.82) is 0 Å². The van der Waals surface area contributed by atoms with Gasteiger partial charge in [0.15, 0.2) is 5.82 Å². The molecule has 2 aromatic heterocycles. The highest BCUT2D eigenvalue weighted by molar-refractivity contribution is 5.94. The molecule has 7 heteroatoms. The van der Waals surface area contributed by atoms with Crippen LogP contribution in [-0.4, -0.2) is 58.9 Å². The lowest BCUT2D eigenvalue weighted by Gasteiger charge is -2.32. The second-order valence-corrected chi connectivity index (χ2v) is 7.39.